The predicted molar refractivity (Wildman–Crippen MR) is 72.6 cm³/mol. The van der Waals surface area contributed by atoms with Crippen molar-refractivity contribution in [3.05, 3.63) is 42.1 Å². The number of hydrogen-bond acceptors (Lipinski definition) is 2. The number of nitrogens with zero attached hydrogens (tertiary/aromatic N) is 2. The van der Waals surface area contributed by atoms with Gasteiger partial charge in [0.25, 0.3) is 0 Å². The van der Waals surface area contributed by atoms with Crippen LogP contribution >= 0.6 is 0 Å². The number of rotatable bonds is 5. The van der Waals surface area contributed by atoms with E-state index in [0.717, 1.165) is 29.8 Å². The van der Waals surface area contributed by atoms with E-state index >= 15 is 0 Å². The summed E-state index contributed by atoms with van der Waals surface area (Å²) in [6.07, 6.45) is 3.39. The third-order valence-electron chi connectivity index (χ3n) is 2.95. The van der Waals surface area contributed by atoms with Gasteiger partial charge in [-0.1, -0.05) is 32.0 Å². The molecule has 0 aliphatic rings. The van der Waals surface area contributed by atoms with Crippen LogP contribution in [0.2, 0.25) is 0 Å². The average Bonchev–Trinajstić information content (AvgIpc) is 2.87. The normalized spacial score (nSPS) is 10.6. The van der Waals surface area contributed by atoms with Crippen molar-refractivity contribution in [1.29, 1.82) is 0 Å². The van der Waals surface area contributed by atoms with Crippen LogP contribution < -0.4 is 0 Å². The second kappa shape index (κ2) is 5.63. The van der Waals surface area contributed by atoms with Crippen LogP contribution in [0.3, 0.4) is 0 Å². The molecule has 3 nitrogen and oxygen atoms in total. The zero-order valence-corrected chi connectivity index (χ0v) is 10.9. The van der Waals surface area contributed by atoms with Gasteiger partial charge in [0, 0.05) is 30.3 Å². The maximum absolute atomic E-state index is 11.7. The molecule has 0 N–H and O–H groups in total. The third-order valence-corrected chi connectivity index (χ3v) is 2.95. The lowest BCUT2D eigenvalue weighted by molar-refractivity contribution is 0.0988. The fourth-order valence-corrected chi connectivity index (χ4v) is 2.02. The molecular weight excluding hydrogens is 224 g/mol. The van der Waals surface area contributed by atoms with Crippen LogP contribution in [-0.2, 0) is 6.54 Å². The molecule has 94 valence electrons. The van der Waals surface area contributed by atoms with Crippen molar-refractivity contribution in [2.75, 3.05) is 0 Å². The lowest BCUT2D eigenvalue weighted by atomic mass is 10.0. The Bertz CT molecular complexity index is 543. The monoisotopic (exact) mass is 242 g/mol. The first-order valence-electron chi connectivity index (χ1n) is 6.41. The Balaban J connectivity index is 2.38. The van der Waals surface area contributed by atoms with Gasteiger partial charge >= 0.3 is 0 Å². The topological polar surface area (TPSA) is 34.9 Å². The molecule has 0 bridgehead atoms. The van der Waals surface area contributed by atoms with Crippen molar-refractivity contribution in [1.82, 2.24) is 9.78 Å². The maximum Gasteiger partial charge on any atom is 0.162 e. The molecular formula is C15H18N2O. The van der Waals surface area contributed by atoms with Crippen molar-refractivity contribution < 1.29 is 4.79 Å². The number of ketones is 1. The Labute approximate surface area is 107 Å². The van der Waals surface area contributed by atoms with Gasteiger partial charge in [0.15, 0.2) is 5.78 Å². The maximum atomic E-state index is 11.7. The smallest absolute Gasteiger partial charge is 0.162 e. The summed E-state index contributed by atoms with van der Waals surface area (Å²) in [6.45, 7) is 4.91. The standard InChI is InChI=1S/C15H18N2O/c1-3-10-17-14(8-9-16-17)12-6-5-7-13(11-12)15(18)4-2/h5-9,11H,3-4,10H2,1-2H3. The summed E-state index contributed by atoms with van der Waals surface area (Å²) in [6, 6.07) is 9.77. The van der Waals surface area contributed by atoms with Gasteiger partial charge in [0.2, 0.25) is 0 Å². The van der Waals surface area contributed by atoms with Crippen LogP contribution in [0.5, 0.6) is 0 Å². The Morgan fingerprint density at radius 3 is 2.83 bits per heavy atom. The number of benzene rings is 1. The van der Waals surface area contributed by atoms with Gasteiger partial charge in [-0.3, -0.25) is 9.48 Å². The highest BCUT2D eigenvalue weighted by Crippen LogP contribution is 2.21. The summed E-state index contributed by atoms with van der Waals surface area (Å²) < 4.78 is 1.98. The lowest BCUT2D eigenvalue weighted by Crippen LogP contribution is -2.02. The Kier molecular flexibility index (Phi) is 3.92. The van der Waals surface area contributed by atoms with Crippen LogP contribution in [0.15, 0.2) is 36.5 Å². The van der Waals surface area contributed by atoms with Gasteiger partial charge in [0.05, 0.1) is 5.69 Å². The highest BCUT2D eigenvalue weighted by atomic mass is 16.1. The molecule has 0 saturated heterocycles. The highest BCUT2D eigenvalue weighted by Gasteiger charge is 2.08. The molecule has 0 fully saturated rings. The Hall–Kier alpha value is -1.90. The van der Waals surface area contributed by atoms with Crippen molar-refractivity contribution in [3.8, 4) is 11.3 Å². The Morgan fingerprint density at radius 2 is 2.11 bits per heavy atom. The van der Waals surface area contributed by atoms with Crippen LogP contribution in [0.4, 0.5) is 0 Å². The van der Waals surface area contributed by atoms with Crippen LogP contribution in [0.1, 0.15) is 37.0 Å². The quantitative estimate of drug-likeness (QED) is 0.751. The second-order valence-electron chi connectivity index (χ2n) is 4.30. The molecule has 0 amide bonds. The second-order valence-corrected chi connectivity index (χ2v) is 4.30. The van der Waals surface area contributed by atoms with Gasteiger partial charge in [0.1, 0.15) is 0 Å². The third kappa shape index (κ3) is 2.50. The van der Waals surface area contributed by atoms with Crippen molar-refractivity contribution in [3.63, 3.8) is 0 Å². The van der Waals surface area contributed by atoms with E-state index in [4.69, 9.17) is 0 Å². The molecule has 0 unspecified atom stereocenters. The van der Waals surface area contributed by atoms with Gasteiger partial charge in [-0.05, 0) is 18.6 Å². The number of aryl methyl sites for hydroxylation is 1. The molecule has 3 heteroatoms. The fraction of sp³-hybridized carbons (Fsp3) is 0.333. The molecule has 1 heterocycles. The van der Waals surface area contributed by atoms with E-state index < -0.39 is 0 Å². The van der Waals surface area contributed by atoms with E-state index in [9.17, 15) is 4.79 Å². The molecule has 1 aromatic heterocycles. The number of carbonyl (C=O) groups is 1. The van der Waals surface area contributed by atoms with Gasteiger partial charge in [-0.25, -0.2) is 0 Å². The van der Waals surface area contributed by atoms with E-state index in [1.807, 2.05) is 41.9 Å². The first-order chi connectivity index (χ1) is 8.76. The van der Waals surface area contributed by atoms with Crippen LogP contribution in [0.25, 0.3) is 11.3 Å². The minimum atomic E-state index is 0.179. The number of Topliss-reactive ketones (excluding diaryl/α,β-unsaturated/α-hetero) is 1. The molecule has 0 spiro atoms. The summed E-state index contributed by atoms with van der Waals surface area (Å²) >= 11 is 0. The Morgan fingerprint density at radius 1 is 1.28 bits per heavy atom. The summed E-state index contributed by atoms with van der Waals surface area (Å²) in [5.74, 6) is 0.179. The molecule has 0 aliphatic heterocycles. The van der Waals surface area contributed by atoms with Gasteiger partial charge in [-0.2, -0.15) is 5.10 Å². The SMILES string of the molecule is CCCn1nccc1-c1cccc(C(=O)CC)c1. The molecule has 0 aliphatic carbocycles. The van der Waals surface area contributed by atoms with Crippen LogP contribution in [-0.4, -0.2) is 15.6 Å². The molecule has 2 aromatic rings. The zero-order chi connectivity index (χ0) is 13.0. The van der Waals surface area contributed by atoms with E-state index in [1.54, 1.807) is 6.20 Å². The summed E-state index contributed by atoms with van der Waals surface area (Å²) in [7, 11) is 0. The van der Waals surface area contributed by atoms with Crippen molar-refractivity contribution >= 4 is 5.78 Å². The molecule has 0 saturated carbocycles. The fourth-order valence-electron chi connectivity index (χ4n) is 2.02. The minimum absolute atomic E-state index is 0.179. The minimum Gasteiger partial charge on any atom is -0.294 e. The molecule has 1 aromatic carbocycles. The van der Waals surface area contributed by atoms with E-state index in [2.05, 4.69) is 12.0 Å². The van der Waals surface area contributed by atoms with E-state index in [-0.39, 0.29) is 5.78 Å². The summed E-state index contributed by atoms with van der Waals surface area (Å²) in [5, 5.41) is 4.31. The van der Waals surface area contributed by atoms with Gasteiger partial charge < -0.3 is 0 Å². The van der Waals surface area contributed by atoms with Crippen LogP contribution in [0, 0.1) is 0 Å². The molecule has 2 rings (SSSR count). The summed E-state index contributed by atoms with van der Waals surface area (Å²) in [4.78, 5) is 11.7. The predicted octanol–water partition coefficient (Wildman–Crippen LogP) is 3.55. The number of carbonyl (C=O) groups excluding carboxylic acids is 1. The van der Waals surface area contributed by atoms with E-state index in [0.29, 0.717) is 6.42 Å². The van der Waals surface area contributed by atoms with Crippen molar-refractivity contribution in [2.45, 2.75) is 33.2 Å². The first-order valence-corrected chi connectivity index (χ1v) is 6.41. The van der Waals surface area contributed by atoms with Crippen molar-refractivity contribution in [2.24, 2.45) is 0 Å². The summed E-state index contributed by atoms with van der Waals surface area (Å²) in [5.41, 5.74) is 2.90. The number of hydrogen-bond donors (Lipinski definition) is 0. The zero-order valence-electron chi connectivity index (χ0n) is 10.9. The average molecular weight is 242 g/mol. The van der Waals surface area contributed by atoms with E-state index in [1.165, 1.54) is 0 Å². The highest BCUT2D eigenvalue weighted by molar-refractivity contribution is 5.96. The molecule has 0 atom stereocenters. The largest absolute Gasteiger partial charge is 0.294 e. The lowest BCUT2D eigenvalue weighted by Gasteiger charge is -2.07. The first kappa shape index (κ1) is 12.6. The number of aromatic nitrogens is 2. The molecule has 18 heavy (non-hydrogen) atoms. The van der Waals surface area contributed by atoms with Gasteiger partial charge in [-0.15, -0.1) is 0 Å². The molecule has 0 radical (unpaired) electrons.